The largest absolute Gasteiger partial charge is 0.480 e. The molecule has 0 fully saturated rings. The Balaban J connectivity index is 2.91. The highest BCUT2D eigenvalue weighted by atomic mass is 16.6. The fraction of sp³-hybridized carbons (Fsp3) is 0.222. The van der Waals surface area contributed by atoms with Crippen LogP contribution in [0.5, 0.6) is 0 Å². The van der Waals surface area contributed by atoms with Gasteiger partial charge in [0.05, 0.1) is 11.5 Å². The van der Waals surface area contributed by atoms with Crippen molar-refractivity contribution in [2.24, 2.45) is 0 Å². The lowest BCUT2D eigenvalue weighted by Crippen LogP contribution is -2.31. The molecule has 0 aliphatic carbocycles. The normalized spacial score (nSPS) is 9.35. The van der Waals surface area contributed by atoms with E-state index in [0.717, 1.165) is 12.4 Å². The van der Waals surface area contributed by atoms with Crippen LogP contribution in [0.2, 0.25) is 0 Å². The van der Waals surface area contributed by atoms with E-state index in [-0.39, 0.29) is 24.7 Å². The minimum absolute atomic E-state index is 0.00408. The molecule has 0 unspecified atom stereocenters. The van der Waals surface area contributed by atoms with Crippen molar-refractivity contribution in [3.8, 4) is 12.3 Å². The maximum atomic E-state index is 10.6. The van der Waals surface area contributed by atoms with Crippen LogP contribution in [0.4, 0.5) is 11.6 Å². The maximum Gasteiger partial charge on any atom is 0.323 e. The van der Waals surface area contributed by atoms with E-state index in [1.54, 1.807) is 0 Å². The summed E-state index contributed by atoms with van der Waals surface area (Å²) in [6.07, 6.45) is 7.06. The molecule has 0 saturated carbocycles. The second-order valence-corrected chi connectivity index (χ2v) is 2.95. The summed E-state index contributed by atoms with van der Waals surface area (Å²) in [5.74, 6) is 1.20. The van der Waals surface area contributed by atoms with E-state index in [0.29, 0.717) is 0 Å². The number of nitrogens with zero attached hydrogens (tertiary/aromatic N) is 4. The van der Waals surface area contributed by atoms with Crippen molar-refractivity contribution < 1.29 is 14.8 Å². The average Bonchev–Trinajstić information content (AvgIpc) is 2.28. The number of nitro groups is 1. The summed E-state index contributed by atoms with van der Waals surface area (Å²) in [4.78, 5) is 28.9. The van der Waals surface area contributed by atoms with Gasteiger partial charge in [0, 0.05) is 0 Å². The van der Waals surface area contributed by atoms with Gasteiger partial charge in [-0.3, -0.25) is 14.9 Å². The second kappa shape index (κ2) is 5.41. The molecule has 1 rings (SSSR count). The Hall–Kier alpha value is -2.69. The van der Waals surface area contributed by atoms with E-state index in [4.69, 9.17) is 11.5 Å². The van der Waals surface area contributed by atoms with Crippen molar-refractivity contribution in [2.45, 2.75) is 0 Å². The third-order valence-electron chi connectivity index (χ3n) is 1.73. The number of terminal acetylenes is 1. The van der Waals surface area contributed by atoms with Crippen LogP contribution in [0.1, 0.15) is 0 Å². The SMILES string of the molecule is C#CCN(CC(=O)O)c1ncc([N+](=O)[O-])cn1. The Morgan fingerprint density at radius 1 is 1.59 bits per heavy atom. The molecule has 1 aromatic heterocycles. The zero-order chi connectivity index (χ0) is 12.8. The zero-order valence-corrected chi connectivity index (χ0v) is 8.61. The Labute approximate surface area is 96.1 Å². The molecule has 8 nitrogen and oxygen atoms in total. The summed E-state index contributed by atoms with van der Waals surface area (Å²) in [5, 5.41) is 19.0. The minimum atomic E-state index is -1.10. The molecule has 0 radical (unpaired) electrons. The van der Waals surface area contributed by atoms with Gasteiger partial charge in [0.2, 0.25) is 5.95 Å². The van der Waals surface area contributed by atoms with Gasteiger partial charge in [-0.05, 0) is 0 Å². The molecule has 1 N–H and O–H groups in total. The Bertz CT molecular complexity index is 465. The quantitative estimate of drug-likeness (QED) is 0.432. The number of carboxylic acids is 1. The predicted molar refractivity (Wildman–Crippen MR) is 57.4 cm³/mol. The number of hydrogen-bond donors (Lipinski definition) is 1. The van der Waals surface area contributed by atoms with Gasteiger partial charge in [0.1, 0.15) is 18.9 Å². The molecule has 1 heterocycles. The predicted octanol–water partition coefficient (Wildman–Crippen LogP) is -0.0910. The lowest BCUT2D eigenvalue weighted by Gasteiger charge is -2.16. The molecule has 88 valence electrons. The van der Waals surface area contributed by atoms with Gasteiger partial charge in [0.25, 0.3) is 0 Å². The molecule has 17 heavy (non-hydrogen) atoms. The summed E-state index contributed by atoms with van der Waals surface area (Å²) >= 11 is 0. The number of aromatic nitrogens is 2. The minimum Gasteiger partial charge on any atom is -0.480 e. The van der Waals surface area contributed by atoms with E-state index in [9.17, 15) is 14.9 Å². The van der Waals surface area contributed by atoms with E-state index in [2.05, 4.69) is 15.9 Å². The van der Waals surface area contributed by atoms with E-state index < -0.39 is 10.9 Å². The summed E-state index contributed by atoms with van der Waals surface area (Å²) in [6.45, 7) is -0.369. The zero-order valence-electron chi connectivity index (χ0n) is 8.61. The standard InChI is InChI=1S/C9H8N4O4/c1-2-3-12(6-8(14)15)9-10-4-7(5-11-9)13(16)17/h1,4-5H,3,6H2,(H,14,15). The van der Waals surface area contributed by atoms with Crippen molar-refractivity contribution in [3.63, 3.8) is 0 Å². The monoisotopic (exact) mass is 236 g/mol. The molecule has 0 spiro atoms. The van der Waals surface area contributed by atoms with Gasteiger partial charge < -0.3 is 10.0 Å². The molecule has 0 atom stereocenters. The fourth-order valence-corrected chi connectivity index (χ4v) is 1.04. The van der Waals surface area contributed by atoms with Crippen LogP contribution < -0.4 is 4.90 Å². The second-order valence-electron chi connectivity index (χ2n) is 2.95. The first kappa shape index (κ1) is 12.4. The lowest BCUT2D eigenvalue weighted by molar-refractivity contribution is -0.385. The molecule has 0 aliphatic rings. The first-order valence-corrected chi connectivity index (χ1v) is 4.41. The summed E-state index contributed by atoms with van der Waals surface area (Å²) in [5.41, 5.74) is -0.273. The number of anilines is 1. The van der Waals surface area contributed by atoms with Crippen molar-refractivity contribution in [3.05, 3.63) is 22.5 Å². The Morgan fingerprint density at radius 2 is 2.18 bits per heavy atom. The number of carboxylic acid groups (broad SMARTS) is 1. The van der Waals surface area contributed by atoms with Gasteiger partial charge >= 0.3 is 11.7 Å². The molecule has 0 bridgehead atoms. The molecule has 8 heteroatoms. The van der Waals surface area contributed by atoms with Crippen LogP contribution in [0.15, 0.2) is 12.4 Å². The smallest absolute Gasteiger partial charge is 0.323 e. The third kappa shape index (κ3) is 3.42. The van der Waals surface area contributed by atoms with Gasteiger partial charge in [-0.25, -0.2) is 9.97 Å². The summed E-state index contributed by atoms with van der Waals surface area (Å²) in [6, 6.07) is 0. The topological polar surface area (TPSA) is 109 Å². The van der Waals surface area contributed by atoms with Crippen molar-refractivity contribution in [1.29, 1.82) is 0 Å². The van der Waals surface area contributed by atoms with Crippen LogP contribution in [0, 0.1) is 22.5 Å². The Kier molecular flexibility index (Phi) is 3.94. The molecular weight excluding hydrogens is 228 g/mol. The number of hydrogen-bond acceptors (Lipinski definition) is 6. The van der Waals surface area contributed by atoms with Crippen LogP contribution in [0.3, 0.4) is 0 Å². The van der Waals surface area contributed by atoms with E-state index >= 15 is 0 Å². The van der Waals surface area contributed by atoms with Crippen LogP contribution in [-0.2, 0) is 4.79 Å². The lowest BCUT2D eigenvalue weighted by atomic mass is 10.5. The van der Waals surface area contributed by atoms with Gasteiger partial charge in [-0.2, -0.15) is 0 Å². The summed E-state index contributed by atoms with van der Waals surface area (Å²) < 4.78 is 0. The van der Waals surface area contributed by atoms with Gasteiger partial charge in [-0.1, -0.05) is 5.92 Å². The van der Waals surface area contributed by atoms with Crippen molar-refractivity contribution >= 4 is 17.6 Å². The molecule has 0 saturated heterocycles. The molecule has 0 amide bonds. The van der Waals surface area contributed by atoms with Crippen LogP contribution >= 0.6 is 0 Å². The fourth-order valence-electron chi connectivity index (χ4n) is 1.04. The van der Waals surface area contributed by atoms with E-state index in [1.807, 2.05) is 0 Å². The van der Waals surface area contributed by atoms with Crippen molar-refractivity contribution in [1.82, 2.24) is 9.97 Å². The summed E-state index contributed by atoms with van der Waals surface area (Å²) in [7, 11) is 0. The molecule has 0 aromatic carbocycles. The van der Waals surface area contributed by atoms with Crippen LogP contribution in [0.25, 0.3) is 0 Å². The maximum absolute atomic E-state index is 10.6. The van der Waals surface area contributed by atoms with Gasteiger partial charge in [0.15, 0.2) is 0 Å². The highest BCUT2D eigenvalue weighted by Crippen LogP contribution is 2.11. The Morgan fingerprint density at radius 3 is 2.59 bits per heavy atom. The third-order valence-corrected chi connectivity index (χ3v) is 1.73. The average molecular weight is 236 g/mol. The number of rotatable bonds is 5. The van der Waals surface area contributed by atoms with Crippen molar-refractivity contribution in [2.75, 3.05) is 18.0 Å². The van der Waals surface area contributed by atoms with E-state index in [1.165, 1.54) is 4.90 Å². The molecule has 0 aliphatic heterocycles. The van der Waals surface area contributed by atoms with Gasteiger partial charge in [-0.15, -0.1) is 6.42 Å². The first-order chi connectivity index (χ1) is 8.04. The van der Waals surface area contributed by atoms with Crippen LogP contribution in [-0.4, -0.2) is 39.1 Å². The number of aliphatic carboxylic acids is 1. The molecular formula is C9H8N4O4. The molecule has 1 aromatic rings. The first-order valence-electron chi connectivity index (χ1n) is 4.41. The highest BCUT2D eigenvalue weighted by molar-refractivity contribution is 5.72. The highest BCUT2D eigenvalue weighted by Gasteiger charge is 2.14. The number of carbonyl (C=O) groups is 1.